The van der Waals surface area contributed by atoms with Gasteiger partial charge in [0.1, 0.15) is 0 Å². The van der Waals surface area contributed by atoms with Crippen molar-refractivity contribution < 1.29 is 19.4 Å². The van der Waals surface area contributed by atoms with Crippen LogP contribution in [0.2, 0.25) is 0 Å². The Kier molecular flexibility index (Phi) is 41.8. The molecule has 0 amide bonds. The molecule has 0 aromatic carbocycles. The predicted octanol–water partition coefficient (Wildman–Crippen LogP) is 16.9. The number of ether oxygens (including phenoxy) is 1. The van der Waals surface area contributed by atoms with E-state index in [1.807, 2.05) is 0 Å². The second-order valence-electron chi connectivity index (χ2n) is 18.8. The van der Waals surface area contributed by atoms with E-state index in [4.69, 9.17) is 14.8 Å². The molecule has 1 rings (SSSR count). The highest BCUT2D eigenvalue weighted by atomic mass is 16.5. The van der Waals surface area contributed by atoms with E-state index in [9.17, 15) is 9.59 Å². The molecule has 1 aliphatic rings. The zero-order chi connectivity index (χ0) is 42.5. The van der Waals surface area contributed by atoms with Gasteiger partial charge in [-0.3, -0.25) is 14.6 Å². The van der Waals surface area contributed by atoms with Gasteiger partial charge in [-0.1, -0.05) is 238 Å². The van der Waals surface area contributed by atoms with Gasteiger partial charge >= 0.3 is 11.9 Å². The average Bonchev–Trinajstić information content (AvgIpc) is 3.58. The monoisotopic (exact) mass is 831 g/mol. The largest absolute Gasteiger partial charge is 0.481 e. The SMILES string of the molecule is CCCCCCCCCCCCCCCCCCOC(=O)CCCCCCCCCCCCCCCN1C(CCCCCCCCCCCCCCC(=O)O)=NCC1C. The van der Waals surface area contributed by atoms with Crippen molar-refractivity contribution in [1.29, 1.82) is 0 Å². The zero-order valence-corrected chi connectivity index (χ0v) is 39.9. The van der Waals surface area contributed by atoms with E-state index < -0.39 is 5.97 Å². The summed E-state index contributed by atoms with van der Waals surface area (Å²) in [6.45, 7) is 7.45. The summed E-state index contributed by atoms with van der Waals surface area (Å²) < 4.78 is 5.50. The number of carbonyl (C=O) groups excluding carboxylic acids is 1. The molecule has 1 unspecified atom stereocenters. The molecule has 0 aromatic heterocycles. The van der Waals surface area contributed by atoms with Gasteiger partial charge in [-0.2, -0.15) is 0 Å². The number of carbonyl (C=O) groups is 2. The molecule has 0 radical (unpaired) electrons. The lowest BCUT2D eigenvalue weighted by Gasteiger charge is -2.25. The zero-order valence-electron chi connectivity index (χ0n) is 39.9. The first-order chi connectivity index (χ1) is 29.0. The van der Waals surface area contributed by atoms with Crippen molar-refractivity contribution in [2.75, 3.05) is 19.7 Å². The molecular weight excluding hydrogens is 729 g/mol. The van der Waals surface area contributed by atoms with E-state index in [1.54, 1.807) is 0 Å². The van der Waals surface area contributed by atoms with Gasteiger partial charge in [0, 0.05) is 31.8 Å². The number of nitrogens with zero attached hydrogens (tertiary/aromatic N) is 2. The highest BCUT2D eigenvalue weighted by Crippen LogP contribution is 2.20. The minimum absolute atomic E-state index is 0.0201. The Morgan fingerprint density at radius 3 is 1.24 bits per heavy atom. The molecule has 0 spiro atoms. The number of aliphatic carboxylic acids is 1. The summed E-state index contributed by atoms with van der Waals surface area (Å²) in [4.78, 5) is 30.2. The molecule has 0 saturated carbocycles. The third-order valence-electron chi connectivity index (χ3n) is 13.0. The number of carboxylic acid groups (broad SMARTS) is 1. The van der Waals surface area contributed by atoms with Gasteiger partial charge in [0.15, 0.2) is 0 Å². The number of rotatable bonds is 48. The quantitative estimate of drug-likeness (QED) is 0.0488. The Balaban J connectivity index is 1.78. The van der Waals surface area contributed by atoms with Crippen LogP contribution in [0.1, 0.15) is 296 Å². The maximum absolute atomic E-state index is 12.1. The second-order valence-corrected chi connectivity index (χ2v) is 18.8. The maximum atomic E-state index is 12.1. The summed E-state index contributed by atoms with van der Waals surface area (Å²) >= 11 is 0. The van der Waals surface area contributed by atoms with Crippen molar-refractivity contribution in [1.82, 2.24) is 4.90 Å². The van der Waals surface area contributed by atoms with E-state index in [-0.39, 0.29) is 5.97 Å². The van der Waals surface area contributed by atoms with Crippen molar-refractivity contribution in [3.63, 3.8) is 0 Å². The van der Waals surface area contributed by atoms with Crippen LogP contribution in [0, 0.1) is 0 Å². The predicted molar refractivity (Wildman–Crippen MR) is 256 cm³/mol. The molecular formula is C53H102N2O4. The van der Waals surface area contributed by atoms with E-state index in [2.05, 4.69) is 18.7 Å². The fourth-order valence-corrected chi connectivity index (χ4v) is 8.98. The van der Waals surface area contributed by atoms with Crippen LogP contribution in [-0.4, -0.2) is 53.5 Å². The number of esters is 1. The van der Waals surface area contributed by atoms with E-state index in [1.165, 1.54) is 256 Å². The molecule has 348 valence electrons. The summed E-state index contributed by atoms with van der Waals surface area (Å²) in [5, 5.41) is 8.71. The van der Waals surface area contributed by atoms with Crippen LogP contribution in [0.25, 0.3) is 0 Å². The lowest BCUT2D eigenvalue weighted by atomic mass is 10.0. The van der Waals surface area contributed by atoms with Crippen molar-refractivity contribution in [3.8, 4) is 0 Å². The van der Waals surface area contributed by atoms with E-state index >= 15 is 0 Å². The standard InChI is InChI=1S/C53H102N2O4/c1-3-4-5-6-7-8-9-10-11-12-18-23-28-33-38-43-48-59-53(58)46-41-36-31-26-21-14-13-17-22-27-32-37-42-47-55-50(2)49-54-51(55)44-39-34-29-24-19-15-16-20-25-30-35-40-45-52(56)57/h50H,3-49H2,1-2H3,(H,56,57). The summed E-state index contributed by atoms with van der Waals surface area (Å²) in [7, 11) is 0. The Labute approximate surface area is 368 Å². The van der Waals surface area contributed by atoms with Gasteiger partial charge in [0.05, 0.1) is 19.0 Å². The first-order valence-electron chi connectivity index (χ1n) is 26.7. The van der Waals surface area contributed by atoms with E-state index in [0.717, 1.165) is 32.2 Å². The second kappa shape index (κ2) is 44.5. The highest BCUT2D eigenvalue weighted by molar-refractivity contribution is 5.84. The fraction of sp³-hybridized carbons (Fsp3) is 0.943. The van der Waals surface area contributed by atoms with Crippen molar-refractivity contribution in [3.05, 3.63) is 0 Å². The minimum Gasteiger partial charge on any atom is -0.481 e. The third kappa shape index (κ3) is 39.0. The molecule has 1 heterocycles. The molecule has 0 aromatic rings. The van der Waals surface area contributed by atoms with Crippen LogP contribution in [0.5, 0.6) is 0 Å². The molecule has 6 nitrogen and oxygen atoms in total. The van der Waals surface area contributed by atoms with Crippen LogP contribution in [0.4, 0.5) is 0 Å². The number of amidine groups is 1. The Hall–Kier alpha value is -1.59. The Morgan fingerprint density at radius 2 is 0.831 bits per heavy atom. The molecule has 0 fully saturated rings. The Morgan fingerprint density at radius 1 is 0.492 bits per heavy atom. The molecule has 1 atom stereocenters. The van der Waals surface area contributed by atoms with Gasteiger partial charge in [-0.25, -0.2) is 0 Å². The number of aliphatic imine (C=N–C) groups is 1. The molecule has 59 heavy (non-hydrogen) atoms. The summed E-state index contributed by atoms with van der Waals surface area (Å²) in [6, 6.07) is 0.585. The van der Waals surface area contributed by atoms with Crippen molar-refractivity contribution in [2.45, 2.75) is 302 Å². The summed E-state index contributed by atoms with van der Waals surface area (Å²) in [6.07, 6.45) is 56.1. The van der Waals surface area contributed by atoms with Crippen LogP contribution in [0.15, 0.2) is 4.99 Å². The molecule has 0 saturated heterocycles. The van der Waals surface area contributed by atoms with Crippen molar-refractivity contribution >= 4 is 17.8 Å². The molecule has 0 bridgehead atoms. The smallest absolute Gasteiger partial charge is 0.305 e. The third-order valence-corrected chi connectivity index (χ3v) is 13.0. The topological polar surface area (TPSA) is 79.2 Å². The Bertz CT molecular complexity index is 938. The number of unbranched alkanes of at least 4 members (excludes halogenated alkanes) is 38. The van der Waals surface area contributed by atoms with Crippen LogP contribution >= 0.6 is 0 Å². The van der Waals surface area contributed by atoms with Gasteiger partial charge < -0.3 is 14.7 Å². The van der Waals surface area contributed by atoms with Gasteiger partial charge in [0.25, 0.3) is 0 Å². The van der Waals surface area contributed by atoms with Gasteiger partial charge in [-0.15, -0.1) is 0 Å². The minimum atomic E-state index is -0.659. The van der Waals surface area contributed by atoms with Crippen LogP contribution in [-0.2, 0) is 14.3 Å². The van der Waals surface area contributed by atoms with Crippen molar-refractivity contribution in [2.24, 2.45) is 4.99 Å². The lowest BCUT2D eigenvalue weighted by molar-refractivity contribution is -0.144. The average molecular weight is 831 g/mol. The number of carboxylic acids is 1. The molecule has 1 N–H and O–H groups in total. The fourth-order valence-electron chi connectivity index (χ4n) is 8.98. The molecule has 0 aliphatic carbocycles. The lowest BCUT2D eigenvalue weighted by Crippen LogP contribution is -2.35. The van der Waals surface area contributed by atoms with E-state index in [0.29, 0.717) is 25.5 Å². The highest BCUT2D eigenvalue weighted by Gasteiger charge is 2.22. The summed E-state index contributed by atoms with van der Waals surface area (Å²) in [5.74, 6) is 0.750. The van der Waals surface area contributed by atoms with Crippen LogP contribution in [0.3, 0.4) is 0 Å². The van der Waals surface area contributed by atoms with Gasteiger partial charge in [0.2, 0.25) is 0 Å². The van der Waals surface area contributed by atoms with Crippen LogP contribution < -0.4 is 0 Å². The number of hydrogen-bond donors (Lipinski definition) is 1. The normalized spacial score (nSPS) is 14.0. The first-order valence-corrected chi connectivity index (χ1v) is 26.7. The summed E-state index contributed by atoms with van der Waals surface area (Å²) in [5.41, 5.74) is 0. The maximum Gasteiger partial charge on any atom is 0.305 e. The molecule has 6 heteroatoms. The molecule has 1 aliphatic heterocycles. The first kappa shape index (κ1) is 55.4. The number of hydrogen-bond acceptors (Lipinski definition) is 5. The van der Waals surface area contributed by atoms with Gasteiger partial charge in [-0.05, 0) is 39.0 Å².